The van der Waals surface area contributed by atoms with Gasteiger partial charge in [-0.1, -0.05) is 0 Å². The Morgan fingerprint density at radius 3 is 2.50 bits per heavy atom. The second-order valence-electron chi connectivity index (χ2n) is 6.29. The summed E-state index contributed by atoms with van der Waals surface area (Å²) in [5, 5.41) is 3.63. The average molecular weight is 276 g/mol. The fourth-order valence-corrected chi connectivity index (χ4v) is 2.90. The van der Waals surface area contributed by atoms with Crippen molar-refractivity contribution in [2.45, 2.75) is 45.8 Å². The van der Waals surface area contributed by atoms with Gasteiger partial charge in [0.15, 0.2) is 0 Å². The number of ether oxygens (including phenoxy) is 1. The zero-order valence-corrected chi connectivity index (χ0v) is 13.2. The summed E-state index contributed by atoms with van der Waals surface area (Å²) in [7, 11) is 2.22. The molecule has 0 aliphatic carbocycles. The SMILES string of the molecule is CC(C)Oc1ccc(NC(C)C2CCCN(C)C2)cc1. The lowest BCUT2D eigenvalue weighted by molar-refractivity contribution is 0.197. The molecule has 0 aromatic heterocycles. The Labute approximate surface area is 123 Å². The highest BCUT2D eigenvalue weighted by molar-refractivity contribution is 5.47. The minimum Gasteiger partial charge on any atom is -0.491 e. The van der Waals surface area contributed by atoms with E-state index in [0.717, 1.165) is 11.7 Å². The van der Waals surface area contributed by atoms with Gasteiger partial charge in [0.25, 0.3) is 0 Å². The molecule has 1 N–H and O–H groups in total. The summed E-state index contributed by atoms with van der Waals surface area (Å²) >= 11 is 0. The van der Waals surface area contributed by atoms with E-state index in [1.54, 1.807) is 0 Å². The van der Waals surface area contributed by atoms with Crippen LogP contribution in [-0.2, 0) is 0 Å². The zero-order chi connectivity index (χ0) is 14.5. The van der Waals surface area contributed by atoms with Gasteiger partial charge in [-0.15, -0.1) is 0 Å². The van der Waals surface area contributed by atoms with Gasteiger partial charge in [-0.05, 0) is 77.4 Å². The smallest absolute Gasteiger partial charge is 0.119 e. The van der Waals surface area contributed by atoms with E-state index in [1.165, 1.54) is 31.6 Å². The highest BCUT2D eigenvalue weighted by Crippen LogP contribution is 2.23. The molecule has 1 fully saturated rings. The third-order valence-corrected chi connectivity index (χ3v) is 3.99. The van der Waals surface area contributed by atoms with Crippen LogP contribution in [-0.4, -0.2) is 37.2 Å². The summed E-state index contributed by atoms with van der Waals surface area (Å²) in [6.45, 7) is 8.83. The van der Waals surface area contributed by atoms with Gasteiger partial charge in [0.1, 0.15) is 5.75 Å². The minimum absolute atomic E-state index is 0.227. The first-order chi connectivity index (χ1) is 9.54. The Kier molecular flexibility index (Phi) is 5.30. The van der Waals surface area contributed by atoms with E-state index in [1.807, 2.05) is 26.0 Å². The van der Waals surface area contributed by atoms with Crippen LogP contribution >= 0.6 is 0 Å². The Bertz CT molecular complexity index is 402. The molecule has 20 heavy (non-hydrogen) atoms. The Morgan fingerprint density at radius 1 is 1.20 bits per heavy atom. The molecule has 0 spiro atoms. The van der Waals surface area contributed by atoms with Crippen molar-refractivity contribution < 1.29 is 4.74 Å². The molecule has 0 bridgehead atoms. The van der Waals surface area contributed by atoms with Crippen molar-refractivity contribution in [3.63, 3.8) is 0 Å². The highest BCUT2D eigenvalue weighted by atomic mass is 16.5. The Balaban J connectivity index is 1.88. The summed E-state index contributed by atoms with van der Waals surface area (Å²) in [5.74, 6) is 1.68. The zero-order valence-electron chi connectivity index (χ0n) is 13.2. The van der Waals surface area contributed by atoms with Crippen molar-refractivity contribution in [2.75, 3.05) is 25.5 Å². The number of rotatable bonds is 5. The Morgan fingerprint density at radius 2 is 1.90 bits per heavy atom. The monoisotopic (exact) mass is 276 g/mol. The quantitative estimate of drug-likeness (QED) is 0.889. The van der Waals surface area contributed by atoms with Crippen LogP contribution in [0.3, 0.4) is 0 Å². The van der Waals surface area contributed by atoms with Crippen LogP contribution in [0.25, 0.3) is 0 Å². The molecule has 0 saturated carbocycles. The number of anilines is 1. The van der Waals surface area contributed by atoms with Gasteiger partial charge in [-0.25, -0.2) is 0 Å². The molecule has 3 nitrogen and oxygen atoms in total. The largest absolute Gasteiger partial charge is 0.491 e. The van der Waals surface area contributed by atoms with E-state index in [9.17, 15) is 0 Å². The molecule has 1 aliphatic rings. The first-order valence-electron chi connectivity index (χ1n) is 7.76. The van der Waals surface area contributed by atoms with Gasteiger partial charge in [0.2, 0.25) is 0 Å². The number of nitrogens with zero attached hydrogens (tertiary/aromatic N) is 1. The Hall–Kier alpha value is -1.22. The van der Waals surface area contributed by atoms with Crippen molar-refractivity contribution in [2.24, 2.45) is 5.92 Å². The van der Waals surface area contributed by atoms with E-state index in [4.69, 9.17) is 4.74 Å². The molecule has 2 unspecified atom stereocenters. The van der Waals surface area contributed by atoms with Crippen LogP contribution in [0, 0.1) is 5.92 Å². The molecule has 0 radical (unpaired) electrons. The van der Waals surface area contributed by atoms with Gasteiger partial charge in [0.05, 0.1) is 6.10 Å². The summed E-state index contributed by atoms with van der Waals surface area (Å²) in [5.41, 5.74) is 1.18. The molecule has 1 aromatic carbocycles. The predicted molar refractivity (Wildman–Crippen MR) is 85.5 cm³/mol. The molecule has 1 heterocycles. The van der Waals surface area contributed by atoms with Crippen molar-refractivity contribution in [3.8, 4) is 5.75 Å². The summed E-state index contributed by atoms with van der Waals surface area (Å²) in [6.07, 6.45) is 2.87. The summed E-state index contributed by atoms with van der Waals surface area (Å²) in [4.78, 5) is 2.44. The van der Waals surface area contributed by atoms with Crippen molar-refractivity contribution in [1.29, 1.82) is 0 Å². The maximum Gasteiger partial charge on any atom is 0.119 e. The minimum atomic E-state index is 0.227. The molecule has 3 heteroatoms. The lowest BCUT2D eigenvalue weighted by Gasteiger charge is -2.34. The van der Waals surface area contributed by atoms with Gasteiger partial charge in [-0.2, -0.15) is 0 Å². The molecule has 1 saturated heterocycles. The van der Waals surface area contributed by atoms with Crippen LogP contribution in [0.2, 0.25) is 0 Å². The normalized spacial score (nSPS) is 21.8. The summed E-state index contributed by atoms with van der Waals surface area (Å²) < 4.78 is 5.67. The van der Waals surface area contributed by atoms with E-state index >= 15 is 0 Å². The number of benzene rings is 1. The van der Waals surface area contributed by atoms with Crippen molar-refractivity contribution in [3.05, 3.63) is 24.3 Å². The first-order valence-corrected chi connectivity index (χ1v) is 7.76. The number of hydrogen-bond donors (Lipinski definition) is 1. The number of nitrogens with one attached hydrogen (secondary N) is 1. The van der Waals surface area contributed by atoms with Crippen LogP contribution in [0.4, 0.5) is 5.69 Å². The third-order valence-electron chi connectivity index (χ3n) is 3.99. The predicted octanol–water partition coefficient (Wildman–Crippen LogP) is 3.62. The van der Waals surface area contributed by atoms with Crippen LogP contribution < -0.4 is 10.1 Å². The molecule has 112 valence electrons. The first kappa shape index (κ1) is 15.2. The van der Waals surface area contributed by atoms with Crippen molar-refractivity contribution >= 4 is 5.69 Å². The third kappa shape index (κ3) is 4.41. The fraction of sp³-hybridized carbons (Fsp3) is 0.647. The van der Waals surface area contributed by atoms with E-state index in [-0.39, 0.29) is 6.10 Å². The van der Waals surface area contributed by atoms with Gasteiger partial charge >= 0.3 is 0 Å². The maximum absolute atomic E-state index is 5.67. The molecule has 1 aromatic rings. The van der Waals surface area contributed by atoms with Crippen molar-refractivity contribution in [1.82, 2.24) is 4.90 Å². The number of likely N-dealkylation sites (tertiary alicyclic amines) is 1. The summed E-state index contributed by atoms with van der Waals surface area (Å²) in [6, 6.07) is 8.82. The lowest BCUT2D eigenvalue weighted by Crippen LogP contribution is -2.39. The topological polar surface area (TPSA) is 24.5 Å². The van der Waals surface area contributed by atoms with E-state index in [2.05, 4.69) is 36.3 Å². The van der Waals surface area contributed by atoms with Gasteiger partial charge < -0.3 is 15.0 Å². The average Bonchev–Trinajstić information content (AvgIpc) is 2.40. The van der Waals surface area contributed by atoms with E-state index in [0.29, 0.717) is 6.04 Å². The second kappa shape index (κ2) is 6.98. The maximum atomic E-state index is 5.67. The molecule has 2 atom stereocenters. The van der Waals surface area contributed by atoms with Crippen LogP contribution in [0.5, 0.6) is 5.75 Å². The molecular weight excluding hydrogens is 248 g/mol. The van der Waals surface area contributed by atoms with Gasteiger partial charge in [-0.3, -0.25) is 0 Å². The number of hydrogen-bond acceptors (Lipinski definition) is 3. The van der Waals surface area contributed by atoms with Gasteiger partial charge in [0, 0.05) is 18.3 Å². The molecule has 2 rings (SSSR count). The second-order valence-corrected chi connectivity index (χ2v) is 6.29. The lowest BCUT2D eigenvalue weighted by atomic mass is 9.92. The standard InChI is InChI=1S/C17H28N2O/c1-13(2)20-17-9-7-16(8-10-17)18-14(3)15-6-5-11-19(4)12-15/h7-10,13-15,18H,5-6,11-12H2,1-4H3. The molecule has 0 amide bonds. The highest BCUT2D eigenvalue weighted by Gasteiger charge is 2.22. The van der Waals surface area contributed by atoms with E-state index < -0.39 is 0 Å². The molecular formula is C17H28N2O. The van der Waals surface area contributed by atoms with Crippen LogP contribution in [0.15, 0.2) is 24.3 Å². The molecule has 1 aliphatic heterocycles. The fourth-order valence-electron chi connectivity index (χ4n) is 2.90. The number of piperidine rings is 1. The van der Waals surface area contributed by atoms with Crippen LogP contribution in [0.1, 0.15) is 33.6 Å².